The number of furan rings is 1. The number of nitrogens with zero attached hydrogens (tertiary/aromatic N) is 2. The molecule has 2 fully saturated rings. The number of aliphatic carboxylic acids is 1. The number of carboxylic acids is 1. The van der Waals surface area contributed by atoms with Crippen LogP contribution in [0.1, 0.15) is 33.6 Å². The maximum atomic E-state index is 13.2. The summed E-state index contributed by atoms with van der Waals surface area (Å²) in [6.45, 7) is 2.41. The fraction of sp³-hybridized carbons (Fsp3) is 0.345. The quantitative estimate of drug-likeness (QED) is 0.288. The van der Waals surface area contributed by atoms with Crippen molar-refractivity contribution >= 4 is 29.3 Å². The molecule has 2 aromatic carbocycles. The fourth-order valence-corrected chi connectivity index (χ4v) is 5.11. The van der Waals surface area contributed by atoms with Gasteiger partial charge in [0.2, 0.25) is 0 Å². The van der Waals surface area contributed by atoms with E-state index >= 15 is 0 Å². The van der Waals surface area contributed by atoms with E-state index in [4.69, 9.17) is 30.7 Å². The van der Waals surface area contributed by atoms with Gasteiger partial charge in [-0.15, -0.1) is 0 Å². The van der Waals surface area contributed by atoms with Crippen LogP contribution in [0.5, 0.6) is 5.75 Å². The smallest absolute Gasteiger partial charge is 0.487 e. The van der Waals surface area contributed by atoms with Crippen molar-refractivity contribution in [2.45, 2.75) is 31.2 Å². The molecule has 1 N–H and O–H groups in total. The highest BCUT2D eigenvalue weighted by Gasteiger charge is 2.42. The number of likely N-dealkylation sites (tertiary alicyclic amines) is 2. The molecule has 3 heterocycles. The number of piperidine rings is 1. The normalized spacial score (nSPS) is 19.6. The van der Waals surface area contributed by atoms with Crippen LogP contribution in [0.15, 0.2) is 71.5 Å². The maximum Gasteiger partial charge on any atom is 0.490 e. The molecule has 0 aliphatic carbocycles. The van der Waals surface area contributed by atoms with Gasteiger partial charge < -0.3 is 19.2 Å². The SMILES string of the molecule is O=C(O)C(F)(F)F.O=C(c1ccc(F)cc1)C1CCN([C@H]2CN(C(=O)c3ccoc3)C[C@@H]2Oc2ccc(Cl)cc2)CC1. The molecule has 0 spiro atoms. The lowest BCUT2D eigenvalue weighted by Gasteiger charge is -2.37. The van der Waals surface area contributed by atoms with Crippen molar-refractivity contribution in [3.63, 3.8) is 0 Å². The molecule has 5 rings (SSSR count). The highest BCUT2D eigenvalue weighted by Crippen LogP contribution is 2.29. The van der Waals surface area contributed by atoms with E-state index in [9.17, 15) is 27.2 Å². The molecule has 1 aromatic heterocycles. The second-order valence-electron chi connectivity index (χ2n) is 9.88. The number of Topliss-reactive ketones (excluding diaryl/α,β-unsaturated/α-hetero) is 1. The molecule has 2 aliphatic rings. The number of amides is 1. The molecule has 3 aromatic rings. The topological polar surface area (TPSA) is 100 Å². The first kappa shape index (κ1) is 31.0. The van der Waals surface area contributed by atoms with E-state index < -0.39 is 12.1 Å². The number of carbonyl (C=O) groups is 3. The van der Waals surface area contributed by atoms with Crippen LogP contribution in [0.4, 0.5) is 17.6 Å². The van der Waals surface area contributed by atoms with Gasteiger partial charge in [0.1, 0.15) is 23.9 Å². The minimum Gasteiger partial charge on any atom is -0.487 e. The number of halogens is 5. The predicted molar refractivity (Wildman–Crippen MR) is 143 cm³/mol. The monoisotopic (exact) mass is 610 g/mol. The van der Waals surface area contributed by atoms with Gasteiger partial charge in [0.05, 0.1) is 24.4 Å². The standard InChI is InChI=1S/C27H26ClFN2O4.C2HF3O2/c28-21-3-7-23(8-4-21)35-25-16-31(27(33)20-11-14-34-17-20)15-24(25)30-12-9-19(10-13-30)26(32)18-1-5-22(29)6-2-18;3-2(4,5)1(6)7/h1-8,11,14,17,19,24-25H,9-10,12-13,15-16H2;(H,6,7)/t24-,25-;/m0./s1. The first-order valence-electron chi connectivity index (χ1n) is 13.0. The first-order valence-corrected chi connectivity index (χ1v) is 13.4. The second-order valence-corrected chi connectivity index (χ2v) is 10.3. The lowest BCUT2D eigenvalue weighted by Crippen LogP contribution is -2.49. The van der Waals surface area contributed by atoms with Gasteiger partial charge in [0.15, 0.2) is 5.78 Å². The molecule has 2 aliphatic heterocycles. The van der Waals surface area contributed by atoms with Crippen LogP contribution in [0.25, 0.3) is 0 Å². The number of hydrogen-bond acceptors (Lipinski definition) is 6. The number of benzene rings is 2. The molecular formula is C29H27ClF4N2O6. The largest absolute Gasteiger partial charge is 0.490 e. The minimum atomic E-state index is -5.08. The van der Waals surface area contributed by atoms with Gasteiger partial charge in [-0.25, -0.2) is 9.18 Å². The number of ether oxygens (including phenoxy) is 1. The molecule has 0 saturated carbocycles. The summed E-state index contributed by atoms with van der Waals surface area (Å²) < 4.78 is 56.4. The zero-order valence-corrected chi connectivity index (χ0v) is 22.9. The van der Waals surface area contributed by atoms with Crippen molar-refractivity contribution in [3.8, 4) is 5.75 Å². The van der Waals surface area contributed by atoms with Gasteiger partial charge >= 0.3 is 12.1 Å². The number of ketones is 1. The van der Waals surface area contributed by atoms with Crippen LogP contribution in [-0.2, 0) is 4.79 Å². The van der Waals surface area contributed by atoms with Gasteiger partial charge in [-0.2, -0.15) is 13.2 Å². The molecule has 13 heteroatoms. The molecular weight excluding hydrogens is 584 g/mol. The van der Waals surface area contributed by atoms with E-state index in [2.05, 4.69) is 4.90 Å². The second kappa shape index (κ2) is 13.4. The molecule has 0 unspecified atom stereocenters. The zero-order valence-electron chi connectivity index (χ0n) is 22.1. The molecule has 0 radical (unpaired) electrons. The lowest BCUT2D eigenvalue weighted by atomic mass is 9.88. The predicted octanol–water partition coefficient (Wildman–Crippen LogP) is 5.57. The van der Waals surface area contributed by atoms with E-state index in [0.717, 1.165) is 13.1 Å². The lowest BCUT2D eigenvalue weighted by molar-refractivity contribution is -0.192. The average molecular weight is 611 g/mol. The summed E-state index contributed by atoms with van der Waals surface area (Å²) in [4.78, 5) is 38.9. The Morgan fingerprint density at radius 2 is 1.55 bits per heavy atom. The Labute approximate surface area is 243 Å². The summed E-state index contributed by atoms with van der Waals surface area (Å²) >= 11 is 6.02. The van der Waals surface area contributed by atoms with E-state index in [-0.39, 0.29) is 35.6 Å². The third kappa shape index (κ3) is 7.89. The van der Waals surface area contributed by atoms with Crippen molar-refractivity contribution in [3.05, 3.63) is 89.1 Å². The summed E-state index contributed by atoms with van der Waals surface area (Å²) in [5, 5.41) is 7.75. The summed E-state index contributed by atoms with van der Waals surface area (Å²) in [7, 11) is 0. The number of carbonyl (C=O) groups excluding carboxylic acids is 2. The van der Waals surface area contributed by atoms with Crippen molar-refractivity contribution in [1.82, 2.24) is 9.80 Å². The number of alkyl halides is 3. The highest BCUT2D eigenvalue weighted by atomic mass is 35.5. The van der Waals surface area contributed by atoms with Crippen LogP contribution in [-0.4, -0.2) is 77.1 Å². The number of hydrogen-bond donors (Lipinski definition) is 1. The van der Waals surface area contributed by atoms with E-state index in [0.29, 0.717) is 47.8 Å². The maximum absolute atomic E-state index is 13.2. The van der Waals surface area contributed by atoms with Crippen molar-refractivity contribution in [2.24, 2.45) is 5.92 Å². The van der Waals surface area contributed by atoms with Gasteiger partial charge in [-0.05, 0) is 80.5 Å². The van der Waals surface area contributed by atoms with Crippen molar-refractivity contribution in [2.75, 3.05) is 26.2 Å². The number of rotatable bonds is 6. The van der Waals surface area contributed by atoms with Gasteiger partial charge in [0, 0.05) is 23.0 Å². The summed E-state index contributed by atoms with van der Waals surface area (Å²) in [5.41, 5.74) is 1.06. The molecule has 1 amide bonds. The van der Waals surface area contributed by atoms with Gasteiger partial charge in [-0.3, -0.25) is 14.5 Å². The molecule has 0 bridgehead atoms. The summed E-state index contributed by atoms with van der Waals surface area (Å²) in [5.74, 6) is -2.54. The molecule has 2 saturated heterocycles. The van der Waals surface area contributed by atoms with Crippen molar-refractivity contribution < 1.29 is 46.2 Å². The molecule has 8 nitrogen and oxygen atoms in total. The van der Waals surface area contributed by atoms with Crippen LogP contribution in [0.3, 0.4) is 0 Å². The minimum absolute atomic E-state index is 0.0107. The summed E-state index contributed by atoms with van der Waals surface area (Å²) in [6, 6.07) is 14.6. The first-order chi connectivity index (χ1) is 19.9. The molecule has 2 atom stereocenters. The van der Waals surface area contributed by atoms with E-state index in [1.54, 1.807) is 35.2 Å². The van der Waals surface area contributed by atoms with Gasteiger partial charge in [0.25, 0.3) is 5.91 Å². The number of carboxylic acid groups (broad SMARTS) is 1. The Bertz CT molecular complexity index is 1360. The van der Waals surface area contributed by atoms with Crippen molar-refractivity contribution in [1.29, 1.82) is 0 Å². The Morgan fingerprint density at radius 3 is 2.10 bits per heavy atom. The Balaban J connectivity index is 0.000000517. The molecule has 42 heavy (non-hydrogen) atoms. The van der Waals surface area contributed by atoms with Crippen LogP contribution in [0.2, 0.25) is 5.02 Å². The fourth-order valence-electron chi connectivity index (χ4n) is 4.99. The average Bonchev–Trinajstić information content (AvgIpc) is 3.65. The Hall–Kier alpha value is -3.90. The Kier molecular flexibility index (Phi) is 9.89. The highest BCUT2D eigenvalue weighted by molar-refractivity contribution is 6.30. The van der Waals surface area contributed by atoms with Crippen LogP contribution >= 0.6 is 11.6 Å². The Morgan fingerprint density at radius 1 is 0.929 bits per heavy atom. The summed E-state index contributed by atoms with van der Waals surface area (Å²) in [6.07, 6.45) is -0.953. The van der Waals surface area contributed by atoms with E-state index in [1.165, 1.54) is 24.7 Å². The zero-order chi connectivity index (χ0) is 30.4. The van der Waals surface area contributed by atoms with E-state index in [1.807, 2.05) is 12.1 Å². The third-order valence-electron chi connectivity index (χ3n) is 7.13. The van der Waals surface area contributed by atoms with Crippen LogP contribution in [0, 0.1) is 11.7 Å². The third-order valence-corrected chi connectivity index (χ3v) is 7.39. The van der Waals surface area contributed by atoms with Gasteiger partial charge in [-0.1, -0.05) is 11.6 Å². The molecule has 224 valence electrons. The van der Waals surface area contributed by atoms with Crippen LogP contribution < -0.4 is 4.74 Å².